The first-order valence-electron chi connectivity index (χ1n) is 6.37. The Balaban J connectivity index is 1.66. The lowest BCUT2D eigenvalue weighted by molar-refractivity contribution is 0.555. The van der Waals surface area contributed by atoms with Crippen molar-refractivity contribution in [3.8, 4) is 0 Å². The fourth-order valence-corrected chi connectivity index (χ4v) is 2.16. The van der Waals surface area contributed by atoms with Gasteiger partial charge in [-0.3, -0.25) is 4.98 Å². The number of anilines is 1. The number of H-pyrrole nitrogens is 1. The summed E-state index contributed by atoms with van der Waals surface area (Å²) >= 11 is 0. The van der Waals surface area contributed by atoms with Crippen LogP contribution in [0.25, 0.3) is 11.1 Å². The molecule has 4 N–H and O–H groups in total. The number of nitrogen functional groups attached to an aromatic ring is 1. The molecule has 3 rings (SSSR count). The molecule has 1 heterocycles. The maximum absolute atomic E-state index is 11.1. The van der Waals surface area contributed by atoms with Gasteiger partial charge in [0.1, 0.15) is 0 Å². The first-order chi connectivity index (χ1) is 9.70. The van der Waals surface area contributed by atoms with Crippen LogP contribution < -0.4 is 16.8 Å². The number of fused-ring (bicyclic) bond motifs is 1. The van der Waals surface area contributed by atoms with Gasteiger partial charge in [-0.05, 0) is 35.4 Å². The number of oxazole rings is 1. The lowest BCUT2D eigenvalue weighted by atomic mass is 10.2. The van der Waals surface area contributed by atoms with Crippen LogP contribution in [0, 0.1) is 0 Å². The largest absolute Gasteiger partial charge is 0.417 e. The molecule has 5 nitrogen and oxygen atoms in total. The minimum Gasteiger partial charge on any atom is -0.408 e. The molecule has 0 saturated heterocycles. The number of nitrogens with two attached hydrogens (primary N) is 1. The number of hydrogen-bond donors (Lipinski definition) is 3. The van der Waals surface area contributed by atoms with Gasteiger partial charge < -0.3 is 15.5 Å². The van der Waals surface area contributed by atoms with Gasteiger partial charge in [0.05, 0.1) is 5.52 Å². The molecule has 0 unspecified atom stereocenters. The molecule has 0 aliphatic rings. The Bertz CT molecular complexity index is 789. The van der Waals surface area contributed by atoms with E-state index in [1.807, 2.05) is 36.4 Å². The summed E-state index contributed by atoms with van der Waals surface area (Å²) in [5.74, 6) is -0.426. The summed E-state index contributed by atoms with van der Waals surface area (Å²) in [6.45, 7) is 1.45. The van der Waals surface area contributed by atoms with E-state index in [-0.39, 0.29) is 0 Å². The van der Waals surface area contributed by atoms with Gasteiger partial charge in [0.15, 0.2) is 5.58 Å². The summed E-state index contributed by atoms with van der Waals surface area (Å²) in [6.07, 6.45) is 0. The smallest absolute Gasteiger partial charge is 0.408 e. The highest BCUT2D eigenvalue weighted by atomic mass is 16.4. The standard InChI is InChI=1S/C15H15N3O2/c16-12-3-1-2-10(6-12)8-17-9-11-4-5-14-13(7-11)18-15(19)20-14/h1-7,17H,8-9,16H2,(H,18,19). The van der Waals surface area contributed by atoms with Crippen molar-refractivity contribution in [3.63, 3.8) is 0 Å². The van der Waals surface area contributed by atoms with Crippen molar-refractivity contribution >= 4 is 16.8 Å². The number of aromatic nitrogens is 1. The van der Waals surface area contributed by atoms with Crippen molar-refractivity contribution in [3.05, 3.63) is 64.1 Å². The van der Waals surface area contributed by atoms with E-state index in [0.717, 1.165) is 28.9 Å². The summed E-state index contributed by atoms with van der Waals surface area (Å²) in [4.78, 5) is 13.7. The normalized spacial score (nSPS) is 11.0. The van der Waals surface area contributed by atoms with Gasteiger partial charge in [-0.25, -0.2) is 4.79 Å². The maximum atomic E-state index is 11.1. The number of aromatic amines is 1. The van der Waals surface area contributed by atoms with E-state index < -0.39 is 5.76 Å². The first-order valence-corrected chi connectivity index (χ1v) is 6.37. The monoisotopic (exact) mass is 269 g/mol. The summed E-state index contributed by atoms with van der Waals surface area (Å²) in [5, 5.41) is 3.34. The molecule has 0 saturated carbocycles. The predicted molar refractivity (Wildman–Crippen MR) is 78.2 cm³/mol. The van der Waals surface area contributed by atoms with E-state index in [1.54, 1.807) is 6.07 Å². The summed E-state index contributed by atoms with van der Waals surface area (Å²) < 4.78 is 4.96. The van der Waals surface area contributed by atoms with Gasteiger partial charge in [0, 0.05) is 18.8 Å². The second-order valence-corrected chi connectivity index (χ2v) is 4.69. The molecular weight excluding hydrogens is 254 g/mol. The van der Waals surface area contributed by atoms with E-state index >= 15 is 0 Å². The van der Waals surface area contributed by atoms with E-state index in [4.69, 9.17) is 10.2 Å². The van der Waals surface area contributed by atoms with Gasteiger partial charge in [0.25, 0.3) is 0 Å². The zero-order chi connectivity index (χ0) is 13.9. The molecule has 0 spiro atoms. The quantitative estimate of drug-likeness (QED) is 0.632. The Morgan fingerprint density at radius 1 is 1.10 bits per heavy atom. The van der Waals surface area contributed by atoms with Crippen LogP contribution in [0.4, 0.5) is 5.69 Å². The predicted octanol–water partition coefficient (Wildman–Crippen LogP) is 1.99. The molecular formula is C15H15N3O2. The van der Waals surface area contributed by atoms with Gasteiger partial charge in [-0.2, -0.15) is 0 Å². The van der Waals surface area contributed by atoms with Crippen molar-refractivity contribution in [2.24, 2.45) is 0 Å². The van der Waals surface area contributed by atoms with Crippen LogP contribution in [0.1, 0.15) is 11.1 Å². The van der Waals surface area contributed by atoms with Crippen LogP contribution >= 0.6 is 0 Å². The zero-order valence-corrected chi connectivity index (χ0v) is 10.8. The second-order valence-electron chi connectivity index (χ2n) is 4.69. The van der Waals surface area contributed by atoms with E-state index in [2.05, 4.69) is 10.3 Å². The molecule has 0 aliphatic carbocycles. The number of benzene rings is 2. The van der Waals surface area contributed by atoms with Crippen molar-refractivity contribution in [1.29, 1.82) is 0 Å². The van der Waals surface area contributed by atoms with Crippen LogP contribution in [0.3, 0.4) is 0 Å². The SMILES string of the molecule is Nc1cccc(CNCc2ccc3oc(=O)[nH]c3c2)c1. The fourth-order valence-electron chi connectivity index (χ4n) is 2.16. The van der Waals surface area contributed by atoms with Crippen LogP contribution in [-0.2, 0) is 13.1 Å². The maximum Gasteiger partial charge on any atom is 0.417 e. The average molecular weight is 269 g/mol. The molecule has 3 aromatic rings. The van der Waals surface area contributed by atoms with Crippen molar-refractivity contribution in [1.82, 2.24) is 10.3 Å². The number of hydrogen-bond acceptors (Lipinski definition) is 4. The second kappa shape index (κ2) is 5.22. The van der Waals surface area contributed by atoms with Crippen LogP contribution in [0.2, 0.25) is 0 Å². The van der Waals surface area contributed by atoms with Crippen molar-refractivity contribution in [2.45, 2.75) is 13.1 Å². The molecule has 2 aromatic carbocycles. The van der Waals surface area contributed by atoms with E-state index in [1.165, 1.54) is 0 Å². The third-order valence-corrected chi connectivity index (χ3v) is 3.09. The minimum atomic E-state index is -0.426. The molecule has 20 heavy (non-hydrogen) atoms. The topological polar surface area (TPSA) is 84.0 Å². The Labute approximate surface area is 115 Å². The third kappa shape index (κ3) is 2.73. The number of rotatable bonds is 4. The Kier molecular flexibility index (Phi) is 3.26. The van der Waals surface area contributed by atoms with E-state index in [9.17, 15) is 4.79 Å². The third-order valence-electron chi connectivity index (χ3n) is 3.09. The molecule has 0 atom stereocenters. The highest BCUT2D eigenvalue weighted by Gasteiger charge is 2.02. The van der Waals surface area contributed by atoms with Gasteiger partial charge in [-0.1, -0.05) is 18.2 Å². The highest BCUT2D eigenvalue weighted by molar-refractivity contribution is 5.72. The van der Waals surface area contributed by atoms with Gasteiger partial charge in [-0.15, -0.1) is 0 Å². The summed E-state index contributed by atoms with van der Waals surface area (Å²) in [6, 6.07) is 13.4. The lowest BCUT2D eigenvalue weighted by Gasteiger charge is -2.06. The molecule has 5 heteroatoms. The zero-order valence-electron chi connectivity index (χ0n) is 10.8. The van der Waals surface area contributed by atoms with Gasteiger partial charge >= 0.3 is 5.76 Å². The minimum absolute atomic E-state index is 0.426. The Morgan fingerprint density at radius 3 is 2.70 bits per heavy atom. The number of nitrogens with one attached hydrogen (secondary N) is 2. The van der Waals surface area contributed by atoms with Crippen LogP contribution in [0.15, 0.2) is 51.7 Å². The molecule has 0 aliphatic heterocycles. The highest BCUT2D eigenvalue weighted by Crippen LogP contribution is 2.12. The fraction of sp³-hybridized carbons (Fsp3) is 0.133. The summed E-state index contributed by atoms with van der Waals surface area (Å²) in [5.41, 5.74) is 10.0. The van der Waals surface area contributed by atoms with Crippen LogP contribution in [0.5, 0.6) is 0 Å². The van der Waals surface area contributed by atoms with Crippen molar-refractivity contribution < 1.29 is 4.42 Å². The molecule has 0 amide bonds. The molecule has 0 radical (unpaired) electrons. The van der Waals surface area contributed by atoms with E-state index in [0.29, 0.717) is 12.1 Å². The Morgan fingerprint density at radius 2 is 1.90 bits per heavy atom. The first kappa shape index (κ1) is 12.5. The molecule has 0 bridgehead atoms. The van der Waals surface area contributed by atoms with Crippen LogP contribution in [-0.4, -0.2) is 4.98 Å². The summed E-state index contributed by atoms with van der Waals surface area (Å²) in [7, 11) is 0. The lowest BCUT2D eigenvalue weighted by Crippen LogP contribution is -2.12. The molecule has 1 aromatic heterocycles. The molecule has 102 valence electrons. The molecule has 0 fully saturated rings. The Hall–Kier alpha value is -2.53. The average Bonchev–Trinajstić information content (AvgIpc) is 2.78. The van der Waals surface area contributed by atoms with Gasteiger partial charge in [0.2, 0.25) is 0 Å². The van der Waals surface area contributed by atoms with Crippen molar-refractivity contribution in [2.75, 3.05) is 5.73 Å².